The summed E-state index contributed by atoms with van der Waals surface area (Å²) in [5.41, 5.74) is -2.62. The van der Waals surface area contributed by atoms with Crippen LogP contribution in [0.25, 0.3) is 22.6 Å². The molecule has 0 unspecified atom stereocenters. The van der Waals surface area contributed by atoms with Crippen molar-refractivity contribution in [1.82, 2.24) is 0 Å². The van der Waals surface area contributed by atoms with Gasteiger partial charge in [-0.3, -0.25) is 0 Å². The zero-order chi connectivity index (χ0) is 19.1. The Bertz CT molecular complexity index is 981. The second-order valence-corrected chi connectivity index (χ2v) is 6.23. The third-order valence-corrected chi connectivity index (χ3v) is 4.35. The highest BCUT2D eigenvalue weighted by molar-refractivity contribution is 9.10. The van der Waals surface area contributed by atoms with Gasteiger partial charge in [0.15, 0.2) is 0 Å². The Morgan fingerprint density at radius 1 is 0.885 bits per heavy atom. The fourth-order valence-corrected chi connectivity index (χ4v) is 2.96. The van der Waals surface area contributed by atoms with Crippen molar-refractivity contribution in [3.8, 4) is 0 Å². The standard InChI is InChI=1S/C18H9BrF6O/c19-13-7-3-1-5-10(13)9-12(17(20,21)22)15-11-6-2-4-8-14(11)26-16(15)18(23,24)25/h1-9H. The monoisotopic (exact) mass is 434 g/mol. The van der Waals surface area contributed by atoms with Crippen LogP contribution < -0.4 is 0 Å². The minimum absolute atomic E-state index is 0.0956. The second kappa shape index (κ2) is 6.50. The van der Waals surface area contributed by atoms with E-state index in [1.807, 2.05) is 0 Å². The van der Waals surface area contributed by atoms with Crippen molar-refractivity contribution in [2.45, 2.75) is 12.4 Å². The smallest absolute Gasteiger partial charge is 0.450 e. The normalized spacial score (nSPS) is 13.4. The maximum atomic E-state index is 13.7. The van der Waals surface area contributed by atoms with Crippen LogP contribution >= 0.6 is 15.9 Å². The lowest BCUT2D eigenvalue weighted by molar-refractivity contribution is -0.152. The Morgan fingerprint density at radius 3 is 2.12 bits per heavy atom. The molecule has 1 heterocycles. The Balaban J connectivity index is 2.38. The predicted molar refractivity (Wildman–Crippen MR) is 89.3 cm³/mol. The summed E-state index contributed by atoms with van der Waals surface area (Å²) in [6, 6.07) is 11.0. The Morgan fingerprint density at radius 2 is 1.50 bits per heavy atom. The molecule has 136 valence electrons. The minimum atomic E-state index is -5.08. The molecular weight excluding hydrogens is 426 g/mol. The van der Waals surface area contributed by atoms with E-state index in [1.54, 1.807) is 6.07 Å². The molecule has 0 amide bonds. The molecule has 3 aromatic rings. The molecular formula is C18H9BrF6O. The molecule has 0 atom stereocenters. The molecule has 0 fully saturated rings. The lowest BCUT2D eigenvalue weighted by Crippen LogP contribution is -2.15. The molecule has 0 aliphatic rings. The summed E-state index contributed by atoms with van der Waals surface area (Å²) in [5, 5.41) is -0.254. The SMILES string of the molecule is FC(F)(F)C(=Cc1ccccc1Br)c1c(C(F)(F)F)oc2ccccc12. The Hall–Kier alpha value is -2.22. The first kappa shape index (κ1) is 18.6. The van der Waals surface area contributed by atoms with Gasteiger partial charge in [-0.1, -0.05) is 52.3 Å². The van der Waals surface area contributed by atoms with Crippen LogP contribution in [0.15, 0.2) is 57.4 Å². The molecule has 0 saturated heterocycles. The molecule has 0 bridgehead atoms. The van der Waals surface area contributed by atoms with Gasteiger partial charge in [-0.25, -0.2) is 0 Å². The van der Waals surface area contributed by atoms with Crippen molar-refractivity contribution >= 4 is 38.5 Å². The van der Waals surface area contributed by atoms with Crippen LogP contribution in [0.3, 0.4) is 0 Å². The number of halogens is 7. The van der Waals surface area contributed by atoms with Gasteiger partial charge in [0.1, 0.15) is 5.58 Å². The minimum Gasteiger partial charge on any atom is -0.451 e. The molecule has 0 aliphatic carbocycles. The van der Waals surface area contributed by atoms with Gasteiger partial charge in [-0.2, -0.15) is 26.3 Å². The lowest BCUT2D eigenvalue weighted by atomic mass is 9.98. The van der Waals surface area contributed by atoms with E-state index in [1.165, 1.54) is 42.5 Å². The third-order valence-electron chi connectivity index (χ3n) is 3.63. The molecule has 1 aromatic heterocycles. The number of allylic oxidation sites excluding steroid dienone is 1. The molecule has 2 aromatic carbocycles. The Labute approximate surface area is 152 Å². The predicted octanol–water partition coefficient (Wildman–Crippen LogP) is 7.32. The highest BCUT2D eigenvalue weighted by Crippen LogP contribution is 2.47. The number of benzene rings is 2. The fraction of sp³-hybridized carbons (Fsp3) is 0.111. The number of furan rings is 1. The topological polar surface area (TPSA) is 13.1 Å². The molecule has 8 heteroatoms. The first-order valence-corrected chi connectivity index (χ1v) is 8.01. The van der Waals surface area contributed by atoms with Gasteiger partial charge in [-0.15, -0.1) is 0 Å². The maximum Gasteiger partial charge on any atom is 0.450 e. The van der Waals surface area contributed by atoms with Gasteiger partial charge in [0, 0.05) is 15.4 Å². The first-order valence-electron chi connectivity index (χ1n) is 7.21. The van der Waals surface area contributed by atoms with Crippen molar-refractivity contribution in [3.63, 3.8) is 0 Å². The lowest BCUT2D eigenvalue weighted by Gasteiger charge is -2.14. The Kier molecular flexibility index (Phi) is 4.64. The quantitative estimate of drug-likeness (QED) is 0.385. The summed E-state index contributed by atoms with van der Waals surface area (Å²) in [7, 11) is 0. The summed E-state index contributed by atoms with van der Waals surface area (Å²) >= 11 is 3.10. The van der Waals surface area contributed by atoms with E-state index in [2.05, 4.69) is 15.9 Å². The van der Waals surface area contributed by atoms with Crippen LogP contribution in [0.5, 0.6) is 0 Å². The number of hydrogen-bond donors (Lipinski definition) is 0. The number of fused-ring (bicyclic) bond motifs is 1. The van der Waals surface area contributed by atoms with Gasteiger partial charge >= 0.3 is 12.4 Å². The van der Waals surface area contributed by atoms with Gasteiger partial charge in [0.05, 0.1) is 5.57 Å². The van der Waals surface area contributed by atoms with E-state index in [0.717, 1.165) is 0 Å². The number of para-hydroxylation sites is 1. The van der Waals surface area contributed by atoms with Crippen LogP contribution in [0.1, 0.15) is 16.9 Å². The number of alkyl halides is 6. The summed E-state index contributed by atoms with van der Waals surface area (Å²) in [4.78, 5) is 0. The average molecular weight is 435 g/mol. The van der Waals surface area contributed by atoms with E-state index in [9.17, 15) is 26.3 Å². The first-order chi connectivity index (χ1) is 12.1. The van der Waals surface area contributed by atoms with Crippen molar-refractivity contribution in [3.05, 3.63) is 69.9 Å². The molecule has 0 saturated carbocycles. The van der Waals surface area contributed by atoms with Crippen molar-refractivity contribution in [1.29, 1.82) is 0 Å². The van der Waals surface area contributed by atoms with Crippen LogP contribution in [-0.2, 0) is 6.18 Å². The summed E-state index contributed by atoms with van der Waals surface area (Å²) in [6.45, 7) is 0. The van der Waals surface area contributed by atoms with Crippen LogP contribution in [-0.4, -0.2) is 6.18 Å². The summed E-state index contributed by atoms with van der Waals surface area (Å²) < 4.78 is 86.2. The van der Waals surface area contributed by atoms with Crippen LogP contribution in [0.2, 0.25) is 0 Å². The van der Waals surface area contributed by atoms with Crippen LogP contribution in [0.4, 0.5) is 26.3 Å². The maximum absolute atomic E-state index is 13.7. The highest BCUT2D eigenvalue weighted by Gasteiger charge is 2.45. The zero-order valence-electron chi connectivity index (χ0n) is 12.8. The molecule has 0 N–H and O–H groups in total. The third kappa shape index (κ3) is 3.51. The van der Waals surface area contributed by atoms with Crippen molar-refractivity contribution < 1.29 is 30.8 Å². The highest BCUT2D eigenvalue weighted by atomic mass is 79.9. The van der Waals surface area contributed by atoms with Gasteiger partial charge in [0.25, 0.3) is 0 Å². The second-order valence-electron chi connectivity index (χ2n) is 5.38. The molecule has 26 heavy (non-hydrogen) atoms. The molecule has 0 spiro atoms. The van der Waals surface area contributed by atoms with Gasteiger partial charge in [0.2, 0.25) is 5.76 Å². The summed E-state index contributed by atoms with van der Waals surface area (Å²) in [5.74, 6) is -1.67. The molecule has 1 nitrogen and oxygen atoms in total. The molecule has 3 rings (SSSR count). The largest absolute Gasteiger partial charge is 0.451 e. The fourth-order valence-electron chi connectivity index (χ4n) is 2.56. The number of rotatable bonds is 2. The molecule has 0 radical (unpaired) electrons. The van der Waals surface area contributed by atoms with E-state index >= 15 is 0 Å². The van der Waals surface area contributed by atoms with Crippen molar-refractivity contribution in [2.75, 3.05) is 0 Å². The number of hydrogen-bond acceptors (Lipinski definition) is 1. The van der Waals surface area contributed by atoms with Crippen LogP contribution in [0, 0.1) is 0 Å². The van der Waals surface area contributed by atoms with E-state index in [-0.39, 0.29) is 16.5 Å². The van der Waals surface area contributed by atoms with Gasteiger partial charge < -0.3 is 4.42 Å². The summed E-state index contributed by atoms with van der Waals surface area (Å²) in [6.07, 6.45) is -9.43. The average Bonchev–Trinajstić information content (AvgIpc) is 2.92. The van der Waals surface area contributed by atoms with E-state index < -0.39 is 29.2 Å². The van der Waals surface area contributed by atoms with Crippen molar-refractivity contribution in [2.24, 2.45) is 0 Å². The van der Waals surface area contributed by atoms with E-state index in [0.29, 0.717) is 10.5 Å². The zero-order valence-corrected chi connectivity index (χ0v) is 14.3. The van der Waals surface area contributed by atoms with E-state index in [4.69, 9.17) is 4.42 Å². The van der Waals surface area contributed by atoms with Gasteiger partial charge in [-0.05, 0) is 23.8 Å². The molecule has 0 aliphatic heterocycles.